The highest BCUT2D eigenvalue weighted by atomic mass is 32.1. The van der Waals surface area contributed by atoms with Gasteiger partial charge in [0.15, 0.2) is 5.11 Å². The van der Waals surface area contributed by atoms with Crippen molar-refractivity contribution >= 4 is 17.3 Å². The molecular formula is C10H19N3S. The highest BCUT2D eigenvalue weighted by Crippen LogP contribution is 2.15. The molecule has 80 valence electrons. The predicted octanol–water partition coefficient (Wildman–Crippen LogP) is 1.38. The largest absolute Gasteiger partial charge is 0.350 e. The number of rotatable bonds is 2. The van der Waals surface area contributed by atoms with Crippen LogP contribution in [0.4, 0.5) is 0 Å². The van der Waals surface area contributed by atoms with Crippen molar-refractivity contribution in [2.75, 3.05) is 19.9 Å². The molecule has 0 amide bonds. The Hall–Kier alpha value is -0.610. The van der Waals surface area contributed by atoms with Crippen LogP contribution in [0.2, 0.25) is 0 Å². The quantitative estimate of drug-likeness (QED) is 0.551. The van der Waals surface area contributed by atoms with E-state index in [0.29, 0.717) is 0 Å². The predicted molar refractivity (Wildman–Crippen MR) is 64.0 cm³/mol. The summed E-state index contributed by atoms with van der Waals surface area (Å²) in [4.78, 5) is 4.45. The molecule has 14 heavy (non-hydrogen) atoms. The first kappa shape index (κ1) is 11.5. The van der Waals surface area contributed by atoms with Gasteiger partial charge in [-0.1, -0.05) is 6.08 Å². The molecule has 0 aromatic heterocycles. The molecule has 1 N–H and O–H groups in total. The Morgan fingerprint density at radius 2 is 2.21 bits per heavy atom. The van der Waals surface area contributed by atoms with Crippen LogP contribution in [-0.2, 0) is 0 Å². The Kier molecular flexibility index (Phi) is 3.50. The lowest BCUT2D eigenvalue weighted by Gasteiger charge is -2.44. The van der Waals surface area contributed by atoms with Crippen molar-refractivity contribution in [3.63, 3.8) is 0 Å². The molecule has 0 radical (unpaired) electrons. The summed E-state index contributed by atoms with van der Waals surface area (Å²) in [6, 6.07) is 0. The second-order valence-electron chi connectivity index (χ2n) is 4.50. The van der Waals surface area contributed by atoms with Gasteiger partial charge in [-0.05, 0) is 33.0 Å². The van der Waals surface area contributed by atoms with Crippen molar-refractivity contribution in [3.8, 4) is 0 Å². The first-order valence-electron chi connectivity index (χ1n) is 4.84. The first-order chi connectivity index (χ1) is 6.45. The van der Waals surface area contributed by atoms with Crippen molar-refractivity contribution in [2.45, 2.75) is 26.3 Å². The van der Waals surface area contributed by atoms with Crippen LogP contribution >= 0.6 is 12.2 Å². The SMILES string of the molecule is C=CCN1CN(C(C)(C)C)CNC1=S. The van der Waals surface area contributed by atoms with Crippen LogP contribution in [0.3, 0.4) is 0 Å². The van der Waals surface area contributed by atoms with Crippen molar-refractivity contribution < 1.29 is 0 Å². The van der Waals surface area contributed by atoms with Gasteiger partial charge >= 0.3 is 0 Å². The van der Waals surface area contributed by atoms with E-state index in [1.807, 2.05) is 6.08 Å². The fourth-order valence-corrected chi connectivity index (χ4v) is 1.54. The van der Waals surface area contributed by atoms with Crippen molar-refractivity contribution in [2.24, 2.45) is 0 Å². The number of nitrogens with one attached hydrogen (secondary N) is 1. The van der Waals surface area contributed by atoms with E-state index in [4.69, 9.17) is 12.2 Å². The van der Waals surface area contributed by atoms with Crippen molar-refractivity contribution in [3.05, 3.63) is 12.7 Å². The number of hydrogen-bond donors (Lipinski definition) is 1. The van der Waals surface area contributed by atoms with Crippen LogP contribution in [0.5, 0.6) is 0 Å². The maximum atomic E-state index is 5.21. The van der Waals surface area contributed by atoms with Gasteiger partial charge in [0, 0.05) is 12.1 Å². The first-order valence-corrected chi connectivity index (χ1v) is 5.24. The highest BCUT2D eigenvalue weighted by Gasteiger charge is 2.27. The molecule has 4 heteroatoms. The minimum absolute atomic E-state index is 0.169. The number of hydrogen-bond acceptors (Lipinski definition) is 2. The maximum Gasteiger partial charge on any atom is 0.171 e. The van der Waals surface area contributed by atoms with Gasteiger partial charge in [0.2, 0.25) is 0 Å². The van der Waals surface area contributed by atoms with E-state index in [1.165, 1.54) is 0 Å². The molecule has 3 nitrogen and oxygen atoms in total. The summed E-state index contributed by atoms with van der Waals surface area (Å²) in [6.45, 7) is 12.8. The molecule has 1 aliphatic heterocycles. The van der Waals surface area contributed by atoms with Gasteiger partial charge in [-0.2, -0.15) is 0 Å². The van der Waals surface area contributed by atoms with Gasteiger partial charge in [0.1, 0.15) is 0 Å². The molecule has 0 spiro atoms. The van der Waals surface area contributed by atoms with Crippen LogP contribution in [0.15, 0.2) is 12.7 Å². The Balaban J connectivity index is 2.62. The Morgan fingerprint density at radius 1 is 1.57 bits per heavy atom. The topological polar surface area (TPSA) is 18.5 Å². The standard InChI is InChI=1S/C10H19N3S/c1-5-6-12-8-13(10(2,3)4)7-11-9(12)14/h5H,1,6-8H2,2-4H3,(H,11,14). The molecule has 0 saturated carbocycles. The minimum atomic E-state index is 0.169. The third-order valence-electron chi connectivity index (χ3n) is 2.35. The molecule has 0 aliphatic carbocycles. The summed E-state index contributed by atoms with van der Waals surface area (Å²) >= 11 is 5.21. The molecular weight excluding hydrogens is 194 g/mol. The summed E-state index contributed by atoms with van der Waals surface area (Å²) < 4.78 is 0. The molecule has 0 unspecified atom stereocenters. The monoisotopic (exact) mass is 213 g/mol. The number of nitrogens with zero attached hydrogens (tertiary/aromatic N) is 2. The lowest BCUT2D eigenvalue weighted by Crippen LogP contribution is -2.60. The molecule has 1 aliphatic rings. The zero-order valence-electron chi connectivity index (χ0n) is 9.21. The second-order valence-corrected chi connectivity index (χ2v) is 4.89. The zero-order chi connectivity index (χ0) is 10.8. The molecule has 0 aromatic carbocycles. The van der Waals surface area contributed by atoms with Gasteiger partial charge in [0.25, 0.3) is 0 Å². The van der Waals surface area contributed by atoms with Gasteiger partial charge in [-0.25, -0.2) is 0 Å². The molecule has 1 saturated heterocycles. The van der Waals surface area contributed by atoms with Gasteiger partial charge in [-0.15, -0.1) is 6.58 Å². The average molecular weight is 213 g/mol. The van der Waals surface area contributed by atoms with Crippen LogP contribution in [0, 0.1) is 0 Å². The Labute approximate surface area is 91.8 Å². The third-order valence-corrected chi connectivity index (χ3v) is 2.75. The van der Waals surface area contributed by atoms with E-state index in [9.17, 15) is 0 Å². The molecule has 1 fully saturated rings. The van der Waals surface area contributed by atoms with Gasteiger partial charge < -0.3 is 10.2 Å². The Bertz CT molecular complexity index is 232. The Morgan fingerprint density at radius 3 is 2.71 bits per heavy atom. The van der Waals surface area contributed by atoms with Crippen LogP contribution in [-0.4, -0.2) is 40.3 Å². The summed E-state index contributed by atoms with van der Waals surface area (Å²) in [5, 5.41) is 4.03. The van der Waals surface area contributed by atoms with E-state index in [2.05, 4.69) is 42.5 Å². The van der Waals surface area contributed by atoms with Gasteiger partial charge in [-0.3, -0.25) is 4.90 Å². The van der Waals surface area contributed by atoms with Crippen LogP contribution in [0.1, 0.15) is 20.8 Å². The number of thiocarbonyl (C=S) groups is 1. The highest BCUT2D eigenvalue weighted by molar-refractivity contribution is 7.80. The lowest BCUT2D eigenvalue weighted by atomic mass is 10.1. The van der Waals surface area contributed by atoms with Crippen LogP contribution < -0.4 is 5.32 Å². The third kappa shape index (κ3) is 2.69. The van der Waals surface area contributed by atoms with Crippen molar-refractivity contribution in [1.29, 1.82) is 0 Å². The minimum Gasteiger partial charge on any atom is -0.350 e. The molecule has 1 rings (SSSR count). The maximum absolute atomic E-state index is 5.21. The molecule has 1 heterocycles. The summed E-state index contributed by atoms with van der Waals surface area (Å²) in [7, 11) is 0. The van der Waals surface area contributed by atoms with E-state index < -0.39 is 0 Å². The van der Waals surface area contributed by atoms with E-state index in [0.717, 1.165) is 25.0 Å². The normalized spacial score (nSPS) is 19.4. The van der Waals surface area contributed by atoms with Crippen LogP contribution in [0.25, 0.3) is 0 Å². The zero-order valence-corrected chi connectivity index (χ0v) is 10.0. The summed E-state index contributed by atoms with van der Waals surface area (Å²) in [6.07, 6.45) is 1.88. The van der Waals surface area contributed by atoms with E-state index in [1.54, 1.807) is 0 Å². The summed E-state index contributed by atoms with van der Waals surface area (Å²) in [5.74, 6) is 0. The van der Waals surface area contributed by atoms with E-state index >= 15 is 0 Å². The lowest BCUT2D eigenvalue weighted by molar-refractivity contribution is 0.0684. The van der Waals surface area contributed by atoms with E-state index in [-0.39, 0.29) is 5.54 Å². The molecule has 0 atom stereocenters. The van der Waals surface area contributed by atoms with Crippen molar-refractivity contribution in [1.82, 2.24) is 15.1 Å². The fraction of sp³-hybridized carbons (Fsp3) is 0.700. The molecule has 0 bridgehead atoms. The average Bonchev–Trinajstić information content (AvgIpc) is 2.07. The smallest absolute Gasteiger partial charge is 0.171 e. The second kappa shape index (κ2) is 4.28. The van der Waals surface area contributed by atoms with Gasteiger partial charge in [0.05, 0.1) is 13.3 Å². The summed E-state index contributed by atoms with van der Waals surface area (Å²) in [5.41, 5.74) is 0.169. The fourth-order valence-electron chi connectivity index (χ4n) is 1.34. The molecule has 0 aromatic rings.